The molecule has 2 N–H and O–H groups in total. The van der Waals surface area contributed by atoms with Gasteiger partial charge in [0.15, 0.2) is 5.79 Å². The summed E-state index contributed by atoms with van der Waals surface area (Å²) in [5.74, 6) is 3.83. The van der Waals surface area contributed by atoms with Crippen LogP contribution in [0.3, 0.4) is 0 Å². The minimum Gasteiger partial charge on any atom is -0.396 e. The second-order valence-corrected chi connectivity index (χ2v) is 11.0. The van der Waals surface area contributed by atoms with Crippen molar-refractivity contribution in [3.8, 4) is 0 Å². The first kappa shape index (κ1) is 18.4. The molecule has 5 fully saturated rings. The zero-order valence-corrected chi connectivity index (χ0v) is 17.2. The van der Waals surface area contributed by atoms with E-state index in [1.54, 1.807) is 5.57 Å². The van der Waals surface area contributed by atoms with Gasteiger partial charge in [-0.1, -0.05) is 18.6 Å². The lowest BCUT2D eigenvalue weighted by Gasteiger charge is -2.57. The number of fused-ring (bicyclic) bond motifs is 7. The van der Waals surface area contributed by atoms with E-state index in [0.717, 1.165) is 63.1 Å². The number of rotatable bonds is 3. The molecule has 0 amide bonds. The van der Waals surface area contributed by atoms with Gasteiger partial charge in [0.2, 0.25) is 0 Å². The summed E-state index contributed by atoms with van der Waals surface area (Å²) in [7, 11) is 0. The molecule has 4 heteroatoms. The molecule has 156 valence electrons. The lowest BCUT2D eigenvalue weighted by molar-refractivity contribution is -0.180. The molecule has 0 bridgehead atoms. The molecule has 1 spiro atoms. The first-order valence-electron chi connectivity index (χ1n) is 11.8. The van der Waals surface area contributed by atoms with Crippen LogP contribution < -0.4 is 0 Å². The third-order valence-corrected chi connectivity index (χ3v) is 10.1. The summed E-state index contributed by atoms with van der Waals surface area (Å²) in [4.78, 5) is 0. The molecular formula is C24H36O4. The first-order chi connectivity index (χ1) is 13.5. The largest absolute Gasteiger partial charge is 0.396 e. The van der Waals surface area contributed by atoms with Gasteiger partial charge >= 0.3 is 0 Å². The fraction of sp³-hybridized carbons (Fsp3) is 0.917. The topological polar surface area (TPSA) is 58.9 Å². The summed E-state index contributed by atoms with van der Waals surface area (Å²) in [5.41, 5.74) is 1.12. The van der Waals surface area contributed by atoms with Gasteiger partial charge in [0.05, 0.1) is 18.8 Å². The fourth-order valence-corrected chi connectivity index (χ4v) is 8.94. The van der Waals surface area contributed by atoms with Gasteiger partial charge in [0.1, 0.15) is 0 Å². The second kappa shape index (κ2) is 6.06. The Hall–Kier alpha value is -0.420. The quantitative estimate of drug-likeness (QED) is 0.725. The van der Waals surface area contributed by atoms with Crippen molar-refractivity contribution in [2.24, 2.45) is 40.9 Å². The standard InChI is InChI=1S/C24H36O4/c1-22-8-5-17-16-6-9-23(27-11-12-28-23)14-15(16)3-4-18(17)21(22)19-13-20(19)24(22,26)7-2-10-25/h3,16-21,25-26H,2,4-14H2,1H3/t16-,17+,18+,19-,20+,21+,22-,24-/m0/s1. The number of allylic oxidation sites excluding steroid dienone is 1. The molecule has 8 atom stereocenters. The maximum Gasteiger partial charge on any atom is 0.172 e. The zero-order valence-electron chi connectivity index (χ0n) is 17.2. The van der Waals surface area contributed by atoms with E-state index in [4.69, 9.17) is 9.47 Å². The molecule has 1 aliphatic heterocycles. The SMILES string of the molecule is C[C@]12CC[C@H]3[C@@H](CC=C4CC5(CC[C@@H]43)OCCO5)[C@@H]1[C@H]1C[C@H]1[C@@]2(O)CCCO. The van der Waals surface area contributed by atoms with Crippen molar-refractivity contribution >= 4 is 0 Å². The summed E-state index contributed by atoms with van der Waals surface area (Å²) < 4.78 is 12.0. The van der Waals surface area contributed by atoms with E-state index in [0.29, 0.717) is 17.8 Å². The van der Waals surface area contributed by atoms with Gasteiger partial charge in [-0.3, -0.25) is 0 Å². The van der Waals surface area contributed by atoms with Crippen LogP contribution in [-0.2, 0) is 9.47 Å². The van der Waals surface area contributed by atoms with Crippen molar-refractivity contribution in [3.05, 3.63) is 11.6 Å². The highest BCUT2D eigenvalue weighted by Gasteiger charge is 2.75. The van der Waals surface area contributed by atoms with Crippen LogP contribution in [0, 0.1) is 40.9 Å². The van der Waals surface area contributed by atoms with E-state index < -0.39 is 5.60 Å². The number of ether oxygens (including phenoxy) is 2. The highest BCUT2D eigenvalue weighted by molar-refractivity contribution is 5.27. The van der Waals surface area contributed by atoms with E-state index >= 15 is 0 Å². The Bertz CT molecular complexity index is 682. The Morgan fingerprint density at radius 2 is 1.93 bits per heavy atom. The summed E-state index contributed by atoms with van der Waals surface area (Å²) >= 11 is 0. The van der Waals surface area contributed by atoms with Crippen LogP contribution in [0.25, 0.3) is 0 Å². The van der Waals surface area contributed by atoms with Crippen molar-refractivity contribution in [2.45, 2.75) is 76.1 Å². The average molecular weight is 389 g/mol. The van der Waals surface area contributed by atoms with E-state index in [1.807, 2.05) is 0 Å². The van der Waals surface area contributed by atoms with Crippen LogP contribution in [0.5, 0.6) is 0 Å². The fourth-order valence-electron chi connectivity index (χ4n) is 8.94. The highest BCUT2D eigenvalue weighted by atomic mass is 16.7. The third-order valence-electron chi connectivity index (χ3n) is 10.1. The summed E-state index contributed by atoms with van der Waals surface area (Å²) in [6.07, 6.45) is 12.1. The van der Waals surface area contributed by atoms with E-state index in [1.165, 1.54) is 25.7 Å². The molecule has 0 aromatic heterocycles. The Morgan fingerprint density at radius 1 is 1.11 bits per heavy atom. The molecule has 4 saturated carbocycles. The lowest BCUT2D eigenvalue weighted by atomic mass is 9.49. The van der Waals surface area contributed by atoms with Crippen LogP contribution in [0.4, 0.5) is 0 Å². The molecule has 6 rings (SSSR count). The number of hydrogen-bond acceptors (Lipinski definition) is 4. The first-order valence-corrected chi connectivity index (χ1v) is 11.8. The minimum absolute atomic E-state index is 0.0514. The van der Waals surface area contributed by atoms with Crippen LogP contribution in [-0.4, -0.2) is 41.4 Å². The van der Waals surface area contributed by atoms with Crippen LogP contribution in [0.2, 0.25) is 0 Å². The molecule has 0 aromatic carbocycles. The molecule has 4 nitrogen and oxygen atoms in total. The van der Waals surface area contributed by atoms with E-state index in [9.17, 15) is 10.2 Å². The van der Waals surface area contributed by atoms with E-state index in [2.05, 4.69) is 13.0 Å². The maximum atomic E-state index is 11.8. The average Bonchev–Trinajstić information content (AvgIpc) is 3.32. The molecule has 0 unspecified atom stereocenters. The molecule has 1 saturated heterocycles. The number of aliphatic hydroxyl groups is 2. The summed E-state index contributed by atoms with van der Waals surface area (Å²) in [6.45, 7) is 4.10. The number of aliphatic hydroxyl groups excluding tert-OH is 1. The summed E-state index contributed by atoms with van der Waals surface area (Å²) in [6, 6.07) is 0. The van der Waals surface area contributed by atoms with Gasteiger partial charge < -0.3 is 19.7 Å². The molecule has 1 heterocycles. The molecule has 6 aliphatic rings. The molecular weight excluding hydrogens is 352 g/mol. The van der Waals surface area contributed by atoms with Crippen LogP contribution >= 0.6 is 0 Å². The van der Waals surface area contributed by atoms with Crippen molar-refractivity contribution in [3.63, 3.8) is 0 Å². The van der Waals surface area contributed by atoms with Crippen molar-refractivity contribution < 1.29 is 19.7 Å². The van der Waals surface area contributed by atoms with Gasteiger partial charge in [-0.25, -0.2) is 0 Å². The van der Waals surface area contributed by atoms with Crippen molar-refractivity contribution in [1.82, 2.24) is 0 Å². The van der Waals surface area contributed by atoms with Gasteiger partial charge in [0, 0.05) is 19.4 Å². The Kier molecular flexibility index (Phi) is 3.97. The monoisotopic (exact) mass is 388 g/mol. The zero-order chi connectivity index (χ0) is 19.1. The smallest absolute Gasteiger partial charge is 0.172 e. The molecule has 28 heavy (non-hydrogen) atoms. The lowest BCUT2D eigenvalue weighted by Crippen LogP contribution is -2.55. The minimum atomic E-state index is -0.540. The van der Waals surface area contributed by atoms with Crippen molar-refractivity contribution in [1.29, 1.82) is 0 Å². The predicted octanol–water partition coefficient (Wildman–Crippen LogP) is 3.66. The molecule has 5 aliphatic carbocycles. The normalized spacial score (nSPS) is 53.2. The third kappa shape index (κ3) is 2.27. The summed E-state index contributed by atoms with van der Waals surface area (Å²) in [5, 5.41) is 21.2. The van der Waals surface area contributed by atoms with Gasteiger partial charge in [-0.15, -0.1) is 0 Å². The maximum absolute atomic E-state index is 11.8. The second-order valence-electron chi connectivity index (χ2n) is 11.0. The molecule has 0 radical (unpaired) electrons. The van der Waals surface area contributed by atoms with E-state index in [-0.39, 0.29) is 17.8 Å². The Labute approximate surface area is 168 Å². The highest BCUT2D eigenvalue weighted by Crippen LogP contribution is 2.76. The number of hydrogen-bond donors (Lipinski definition) is 2. The van der Waals surface area contributed by atoms with Crippen LogP contribution in [0.15, 0.2) is 11.6 Å². The van der Waals surface area contributed by atoms with Crippen LogP contribution in [0.1, 0.15) is 64.7 Å². The Balaban J connectivity index is 1.28. The van der Waals surface area contributed by atoms with Gasteiger partial charge in [0.25, 0.3) is 0 Å². The van der Waals surface area contributed by atoms with Gasteiger partial charge in [-0.05, 0) is 85.9 Å². The van der Waals surface area contributed by atoms with Crippen molar-refractivity contribution in [2.75, 3.05) is 19.8 Å². The van der Waals surface area contributed by atoms with Gasteiger partial charge in [-0.2, -0.15) is 0 Å². The Morgan fingerprint density at radius 3 is 2.71 bits per heavy atom. The molecule has 0 aromatic rings. The predicted molar refractivity (Wildman–Crippen MR) is 105 cm³/mol.